The second kappa shape index (κ2) is 7.07. The number of hydrogen-bond acceptors (Lipinski definition) is 2. The highest BCUT2D eigenvalue weighted by molar-refractivity contribution is 5.94. The normalized spacial score (nSPS) is 11.8. The van der Waals surface area contributed by atoms with E-state index in [2.05, 4.69) is 5.32 Å². The van der Waals surface area contributed by atoms with Crippen LogP contribution in [0, 0.1) is 12.7 Å². The van der Waals surface area contributed by atoms with E-state index in [0.29, 0.717) is 12.2 Å². The summed E-state index contributed by atoms with van der Waals surface area (Å²) in [7, 11) is 0. The number of rotatable bonds is 5. The van der Waals surface area contributed by atoms with E-state index >= 15 is 0 Å². The van der Waals surface area contributed by atoms with Gasteiger partial charge >= 0.3 is 0 Å². The maximum atomic E-state index is 12.9. The minimum absolute atomic E-state index is 0.164. The van der Waals surface area contributed by atoms with E-state index in [0.717, 1.165) is 16.9 Å². The minimum atomic E-state index is -0.288. The zero-order valence-corrected chi connectivity index (χ0v) is 13.0. The molecule has 0 spiro atoms. The molecule has 1 atom stereocenters. The van der Waals surface area contributed by atoms with Crippen molar-refractivity contribution < 1.29 is 13.9 Å². The Hall–Kier alpha value is -2.36. The number of carbonyl (C=O) groups excluding carboxylic acids is 1. The Labute approximate surface area is 130 Å². The number of nitrogens with one attached hydrogen (secondary N) is 1. The maximum absolute atomic E-state index is 12.9. The molecule has 0 aliphatic heterocycles. The molecular weight excluding hydrogens is 281 g/mol. The molecule has 1 amide bonds. The van der Waals surface area contributed by atoms with Crippen molar-refractivity contribution in [3.05, 3.63) is 65.0 Å². The molecule has 0 fully saturated rings. The highest BCUT2D eigenvalue weighted by Gasteiger charge is 2.12. The Morgan fingerprint density at radius 1 is 1.23 bits per heavy atom. The molecule has 1 N–H and O–H groups in total. The van der Waals surface area contributed by atoms with Crippen LogP contribution in [0.3, 0.4) is 0 Å². The second-order valence-electron chi connectivity index (χ2n) is 5.16. The third kappa shape index (κ3) is 3.85. The number of aryl methyl sites for hydroxylation is 1. The standard InChI is InChI=1S/C18H20FNO2/c1-4-22-17-10-7-15(11-12(17)2)18(21)20-13(3)14-5-8-16(19)9-6-14/h5-11,13H,4H2,1-3H3,(H,20,21)/t13-/m1/s1. The molecule has 4 heteroatoms. The molecule has 0 radical (unpaired) electrons. The second-order valence-corrected chi connectivity index (χ2v) is 5.16. The highest BCUT2D eigenvalue weighted by atomic mass is 19.1. The lowest BCUT2D eigenvalue weighted by atomic mass is 10.1. The third-order valence-electron chi connectivity index (χ3n) is 3.45. The first-order chi connectivity index (χ1) is 10.5. The highest BCUT2D eigenvalue weighted by Crippen LogP contribution is 2.20. The van der Waals surface area contributed by atoms with Gasteiger partial charge in [-0.3, -0.25) is 4.79 Å². The van der Waals surface area contributed by atoms with E-state index in [1.54, 1.807) is 30.3 Å². The first-order valence-electron chi connectivity index (χ1n) is 7.31. The molecule has 0 saturated heterocycles. The Bertz CT molecular complexity index is 653. The first-order valence-corrected chi connectivity index (χ1v) is 7.31. The van der Waals surface area contributed by atoms with Gasteiger partial charge in [0, 0.05) is 5.56 Å². The topological polar surface area (TPSA) is 38.3 Å². The summed E-state index contributed by atoms with van der Waals surface area (Å²) in [5, 5.41) is 2.91. The summed E-state index contributed by atoms with van der Waals surface area (Å²) in [6.07, 6.45) is 0. The number of benzene rings is 2. The van der Waals surface area contributed by atoms with Crippen molar-refractivity contribution in [3.63, 3.8) is 0 Å². The van der Waals surface area contributed by atoms with Gasteiger partial charge in [0.1, 0.15) is 11.6 Å². The minimum Gasteiger partial charge on any atom is -0.494 e. The van der Waals surface area contributed by atoms with Crippen LogP contribution in [0.1, 0.15) is 41.4 Å². The molecule has 0 aliphatic carbocycles. The number of carbonyl (C=O) groups is 1. The monoisotopic (exact) mass is 301 g/mol. The number of hydrogen-bond donors (Lipinski definition) is 1. The number of ether oxygens (including phenoxy) is 1. The molecule has 0 saturated carbocycles. The van der Waals surface area contributed by atoms with E-state index in [4.69, 9.17) is 4.74 Å². The van der Waals surface area contributed by atoms with Crippen LogP contribution in [0.25, 0.3) is 0 Å². The molecule has 22 heavy (non-hydrogen) atoms. The SMILES string of the molecule is CCOc1ccc(C(=O)N[C@H](C)c2ccc(F)cc2)cc1C. The average Bonchev–Trinajstić information content (AvgIpc) is 2.50. The fraction of sp³-hybridized carbons (Fsp3) is 0.278. The summed E-state index contributed by atoms with van der Waals surface area (Å²) in [4.78, 5) is 12.3. The average molecular weight is 301 g/mol. The molecule has 0 aliphatic rings. The van der Waals surface area contributed by atoms with Crippen molar-refractivity contribution in [1.29, 1.82) is 0 Å². The summed E-state index contributed by atoms with van der Waals surface area (Å²) < 4.78 is 18.4. The lowest BCUT2D eigenvalue weighted by Crippen LogP contribution is -2.26. The summed E-state index contributed by atoms with van der Waals surface area (Å²) in [6.45, 7) is 6.29. The third-order valence-corrected chi connectivity index (χ3v) is 3.45. The quantitative estimate of drug-likeness (QED) is 0.905. The van der Waals surface area contributed by atoms with Crippen LogP contribution in [-0.4, -0.2) is 12.5 Å². The van der Waals surface area contributed by atoms with Gasteiger partial charge in [0.25, 0.3) is 5.91 Å². The fourth-order valence-electron chi connectivity index (χ4n) is 2.22. The van der Waals surface area contributed by atoms with Gasteiger partial charge in [0.2, 0.25) is 0 Å². The largest absolute Gasteiger partial charge is 0.494 e. The van der Waals surface area contributed by atoms with Crippen LogP contribution in [0.4, 0.5) is 4.39 Å². The Balaban J connectivity index is 2.08. The first kappa shape index (κ1) is 16.0. The van der Waals surface area contributed by atoms with Crippen LogP contribution in [0.2, 0.25) is 0 Å². The molecule has 2 rings (SSSR count). The predicted molar refractivity (Wildman–Crippen MR) is 84.6 cm³/mol. The lowest BCUT2D eigenvalue weighted by Gasteiger charge is -2.15. The van der Waals surface area contributed by atoms with E-state index < -0.39 is 0 Å². The van der Waals surface area contributed by atoms with Gasteiger partial charge in [0.15, 0.2) is 0 Å². The molecule has 0 heterocycles. The number of halogens is 1. The lowest BCUT2D eigenvalue weighted by molar-refractivity contribution is 0.0940. The predicted octanol–water partition coefficient (Wildman–Crippen LogP) is 4.02. The summed E-state index contributed by atoms with van der Waals surface area (Å²) in [5.74, 6) is 0.332. The van der Waals surface area contributed by atoms with Crippen LogP contribution >= 0.6 is 0 Å². The van der Waals surface area contributed by atoms with Crippen molar-refractivity contribution in [2.45, 2.75) is 26.8 Å². The molecule has 2 aromatic rings. The zero-order chi connectivity index (χ0) is 16.1. The molecular formula is C18H20FNO2. The van der Waals surface area contributed by atoms with Gasteiger partial charge in [-0.05, 0) is 62.2 Å². The van der Waals surface area contributed by atoms with Crippen LogP contribution in [0.5, 0.6) is 5.75 Å². The maximum Gasteiger partial charge on any atom is 0.251 e. The van der Waals surface area contributed by atoms with Crippen molar-refractivity contribution in [3.8, 4) is 5.75 Å². The fourth-order valence-corrected chi connectivity index (χ4v) is 2.22. The zero-order valence-electron chi connectivity index (χ0n) is 13.0. The van der Waals surface area contributed by atoms with Crippen LogP contribution in [0.15, 0.2) is 42.5 Å². The Morgan fingerprint density at radius 3 is 2.50 bits per heavy atom. The van der Waals surface area contributed by atoms with Gasteiger partial charge in [-0.25, -0.2) is 4.39 Å². The molecule has 3 nitrogen and oxygen atoms in total. The van der Waals surface area contributed by atoms with Gasteiger partial charge in [-0.15, -0.1) is 0 Å². The number of amides is 1. The van der Waals surface area contributed by atoms with Crippen molar-refractivity contribution in [1.82, 2.24) is 5.32 Å². The van der Waals surface area contributed by atoms with E-state index in [9.17, 15) is 9.18 Å². The summed E-state index contributed by atoms with van der Waals surface area (Å²) in [5.41, 5.74) is 2.36. The smallest absolute Gasteiger partial charge is 0.251 e. The van der Waals surface area contributed by atoms with Crippen molar-refractivity contribution in [2.24, 2.45) is 0 Å². The van der Waals surface area contributed by atoms with Gasteiger partial charge in [0.05, 0.1) is 12.6 Å². The molecule has 116 valence electrons. The molecule has 0 bridgehead atoms. The van der Waals surface area contributed by atoms with Crippen LogP contribution in [-0.2, 0) is 0 Å². The van der Waals surface area contributed by atoms with E-state index in [1.165, 1.54) is 12.1 Å². The molecule has 2 aromatic carbocycles. The van der Waals surface area contributed by atoms with Crippen LogP contribution < -0.4 is 10.1 Å². The molecule has 0 aromatic heterocycles. The van der Waals surface area contributed by atoms with Gasteiger partial charge in [-0.2, -0.15) is 0 Å². The van der Waals surface area contributed by atoms with Gasteiger partial charge < -0.3 is 10.1 Å². The van der Waals surface area contributed by atoms with E-state index in [-0.39, 0.29) is 17.8 Å². The molecule has 0 unspecified atom stereocenters. The van der Waals surface area contributed by atoms with E-state index in [1.807, 2.05) is 20.8 Å². The Morgan fingerprint density at radius 2 is 1.91 bits per heavy atom. The van der Waals surface area contributed by atoms with Gasteiger partial charge in [-0.1, -0.05) is 12.1 Å². The van der Waals surface area contributed by atoms with Crippen molar-refractivity contribution in [2.75, 3.05) is 6.61 Å². The summed E-state index contributed by atoms with van der Waals surface area (Å²) in [6, 6.07) is 11.3. The van der Waals surface area contributed by atoms with Crippen molar-refractivity contribution >= 4 is 5.91 Å². The summed E-state index contributed by atoms with van der Waals surface area (Å²) >= 11 is 0. The Kier molecular flexibility index (Phi) is 5.15.